The van der Waals surface area contributed by atoms with Gasteiger partial charge in [0, 0.05) is 35.3 Å². The number of nitrogen functional groups attached to an aromatic ring is 2. The maximum Gasteiger partial charge on any atom is 3.00 e. The topological polar surface area (TPSA) is 305 Å². The SMILES string of the molecule is Cc1ccccc1N.Cc1ccccc1N.O=C([O-])C([O-])C([O-])C(=O)[O-].O=C([O-])C([O-])C([O-])C(=O)[O-].[H+].[H+].[Sb+3].[Sb+3]. The van der Waals surface area contributed by atoms with Crippen molar-refractivity contribution in [3.05, 3.63) is 59.7 Å². The van der Waals surface area contributed by atoms with Crippen LogP contribution in [0.3, 0.4) is 0 Å². The minimum Gasteiger partial charge on any atom is -0.848 e. The molecule has 0 saturated carbocycles. The Bertz CT molecular complexity index is 864. The summed E-state index contributed by atoms with van der Waals surface area (Å²) >= 11 is 0. The van der Waals surface area contributed by atoms with Gasteiger partial charge in [0.15, 0.2) is 0 Å². The molecule has 16 heteroatoms. The van der Waals surface area contributed by atoms with Crippen LogP contribution in [0.15, 0.2) is 48.5 Å². The Labute approximate surface area is 255 Å². The van der Waals surface area contributed by atoms with Gasteiger partial charge in [-0.3, -0.25) is 0 Å². The molecule has 0 aliphatic carbocycles. The third-order valence-corrected chi connectivity index (χ3v) is 3.86. The largest absolute Gasteiger partial charge is 3.00 e. The van der Waals surface area contributed by atoms with Crippen molar-refractivity contribution in [1.29, 1.82) is 0 Å². The van der Waals surface area contributed by atoms with E-state index in [1.54, 1.807) is 0 Å². The maximum atomic E-state index is 9.97. The summed E-state index contributed by atoms with van der Waals surface area (Å²) in [6.45, 7) is 3.99. The third-order valence-electron chi connectivity index (χ3n) is 3.86. The van der Waals surface area contributed by atoms with Crippen molar-refractivity contribution in [2.45, 2.75) is 38.3 Å². The second-order valence-corrected chi connectivity index (χ2v) is 6.67. The van der Waals surface area contributed by atoms with E-state index in [-0.39, 0.29) is 51.7 Å². The van der Waals surface area contributed by atoms with Gasteiger partial charge in [-0.2, -0.15) is 0 Å². The van der Waals surface area contributed by atoms with Crippen LogP contribution in [0.4, 0.5) is 11.4 Å². The summed E-state index contributed by atoms with van der Waals surface area (Å²) in [4.78, 5) is 38.1. The minimum absolute atomic E-state index is 0. The molecule has 0 spiro atoms. The van der Waals surface area contributed by atoms with Crippen LogP contribution in [0.1, 0.15) is 14.0 Å². The Balaban J connectivity index is -0.0000000935. The first kappa shape index (κ1) is 42.5. The number of hydrogen-bond donors (Lipinski definition) is 2. The molecule has 0 aliphatic rings. The van der Waals surface area contributed by atoms with Crippen molar-refractivity contribution in [2.24, 2.45) is 0 Å². The molecule has 2 aromatic rings. The Morgan fingerprint density at radius 2 is 0.737 bits per heavy atom. The van der Waals surface area contributed by atoms with Gasteiger partial charge in [-0.25, -0.2) is 0 Å². The molecule has 4 N–H and O–H groups in total. The molecular weight excluding hydrogens is 728 g/mol. The van der Waals surface area contributed by atoms with Gasteiger partial charge in [-0.1, -0.05) is 60.8 Å². The summed E-state index contributed by atoms with van der Waals surface area (Å²) in [7, 11) is 0. The number of anilines is 2. The molecule has 0 aromatic heterocycles. The van der Waals surface area contributed by atoms with Gasteiger partial charge < -0.3 is 71.5 Å². The van der Waals surface area contributed by atoms with Crippen LogP contribution < -0.4 is 52.3 Å². The zero-order valence-corrected chi connectivity index (χ0v) is 25.0. The van der Waals surface area contributed by atoms with Crippen LogP contribution in [-0.4, -0.2) is 97.1 Å². The molecule has 4 unspecified atom stereocenters. The fourth-order valence-corrected chi connectivity index (χ4v) is 1.67. The molecule has 0 fully saturated rings. The Morgan fingerprint density at radius 3 is 0.842 bits per heavy atom. The first-order valence-electron chi connectivity index (χ1n) is 9.63. The predicted octanol–water partition coefficient (Wildman–Crippen LogP) is -9.49. The van der Waals surface area contributed by atoms with E-state index in [1.165, 1.54) is 0 Å². The van der Waals surface area contributed by atoms with Crippen molar-refractivity contribution >= 4 is 84.1 Å². The van der Waals surface area contributed by atoms with Gasteiger partial charge >= 0.3 is 51.7 Å². The van der Waals surface area contributed by atoms with Gasteiger partial charge in [-0.15, -0.1) is 0 Å². The molecule has 2 aromatic carbocycles. The number of carbonyl (C=O) groups is 4. The van der Waals surface area contributed by atoms with Crippen LogP contribution in [0.5, 0.6) is 0 Å². The average Bonchev–Trinajstić information content (AvgIpc) is 2.81. The molecule has 14 nitrogen and oxygen atoms in total. The van der Waals surface area contributed by atoms with Crippen molar-refractivity contribution < 1.29 is 62.9 Å². The second kappa shape index (κ2) is 22.4. The van der Waals surface area contributed by atoms with E-state index < -0.39 is 48.3 Å². The Morgan fingerprint density at radius 1 is 0.553 bits per heavy atom. The number of aliphatic carboxylic acids is 4. The number of benzene rings is 2. The number of carboxylic acids is 4. The molecular formula is C22H24N2O12Sb2. The summed E-state index contributed by atoms with van der Waals surface area (Å²) in [6.07, 6.45) is -11.2. The molecule has 0 bridgehead atoms. The molecule has 0 aliphatic heterocycles. The van der Waals surface area contributed by atoms with Gasteiger partial charge in [0.25, 0.3) is 0 Å². The van der Waals surface area contributed by atoms with Crippen molar-refractivity contribution in [2.75, 3.05) is 11.5 Å². The standard InChI is InChI=1S/2C7H9N.2C4H4O6.2Sb/c2*1-6-4-2-3-5-7(6)8;2*5-1(3(7)8)2(6)4(9)10;;/h2*2-5H,8H2,1H3;2*1-2H,(H,7,8)(H,9,10);;/q;;2*-2;2*+3/p-2. The Kier molecular flexibility index (Phi) is 25.0. The smallest absolute Gasteiger partial charge is 0.848 e. The molecule has 204 valence electrons. The van der Waals surface area contributed by atoms with E-state index >= 15 is 0 Å². The normalized spacial score (nSPS) is 12.2. The number of aryl methyl sites for hydroxylation is 2. The van der Waals surface area contributed by atoms with Crippen molar-refractivity contribution in [1.82, 2.24) is 0 Å². The van der Waals surface area contributed by atoms with Crippen LogP contribution in [0.2, 0.25) is 0 Å². The fraction of sp³-hybridized carbons (Fsp3) is 0.273. The number of rotatable bonds is 6. The average molecular weight is 752 g/mol. The quantitative estimate of drug-likeness (QED) is 0.205. The minimum atomic E-state index is -2.80. The van der Waals surface area contributed by atoms with E-state index in [9.17, 15) is 60.0 Å². The summed E-state index contributed by atoms with van der Waals surface area (Å²) in [5.41, 5.74) is 15.1. The zero-order valence-electron chi connectivity index (χ0n) is 21.9. The summed E-state index contributed by atoms with van der Waals surface area (Å²) in [6, 6.07) is 15.6. The molecule has 4 atom stereocenters. The summed E-state index contributed by atoms with van der Waals surface area (Å²) in [5, 5.41) is 78.0. The van der Waals surface area contributed by atoms with Crippen LogP contribution in [0, 0.1) is 13.8 Å². The van der Waals surface area contributed by atoms with Crippen LogP contribution in [0.25, 0.3) is 0 Å². The van der Waals surface area contributed by atoms with Gasteiger partial charge in [0.05, 0.1) is 0 Å². The molecule has 38 heavy (non-hydrogen) atoms. The zero-order chi connectivity index (χ0) is 28.6. The number of carbonyl (C=O) groups excluding carboxylic acids is 4. The number of carboxylic acid groups (broad SMARTS) is 4. The number of nitrogens with two attached hydrogens (primary N) is 2. The van der Waals surface area contributed by atoms with Gasteiger partial charge in [-0.05, 0) is 37.1 Å². The van der Waals surface area contributed by atoms with Gasteiger partial charge in [0.2, 0.25) is 0 Å². The van der Waals surface area contributed by atoms with E-state index in [1.807, 2.05) is 62.4 Å². The van der Waals surface area contributed by atoms with Gasteiger partial charge in [0.1, 0.15) is 0 Å². The van der Waals surface area contributed by atoms with E-state index in [0.29, 0.717) is 0 Å². The monoisotopic (exact) mass is 750 g/mol. The summed E-state index contributed by atoms with van der Waals surface area (Å²) in [5.74, 6) is -8.93. The van der Waals surface area contributed by atoms with E-state index in [4.69, 9.17) is 11.5 Å². The van der Waals surface area contributed by atoms with Crippen molar-refractivity contribution in [3.8, 4) is 0 Å². The van der Waals surface area contributed by atoms with E-state index in [2.05, 4.69) is 0 Å². The molecule has 0 amide bonds. The first-order chi connectivity index (χ1) is 16.5. The Hall–Kier alpha value is -2.60. The van der Waals surface area contributed by atoms with Crippen LogP contribution in [-0.2, 0) is 19.2 Å². The predicted molar refractivity (Wildman–Crippen MR) is 120 cm³/mol. The second-order valence-electron chi connectivity index (χ2n) is 6.67. The summed E-state index contributed by atoms with van der Waals surface area (Å²) < 4.78 is 0. The number of hydrogen-bond acceptors (Lipinski definition) is 14. The van der Waals surface area contributed by atoms with Crippen molar-refractivity contribution in [3.63, 3.8) is 0 Å². The van der Waals surface area contributed by atoms with Crippen LogP contribution >= 0.6 is 0 Å². The first-order valence-corrected chi connectivity index (χ1v) is 9.63. The number of para-hydroxylation sites is 2. The molecule has 2 rings (SSSR count). The molecule has 0 heterocycles. The molecule has 0 saturated heterocycles. The molecule has 4 radical (unpaired) electrons. The fourth-order valence-electron chi connectivity index (χ4n) is 1.67. The van der Waals surface area contributed by atoms with E-state index in [0.717, 1.165) is 22.5 Å². The third kappa shape index (κ3) is 18.6. The maximum absolute atomic E-state index is 9.97.